The molecule has 2 aliphatic rings. The molecule has 26 heavy (non-hydrogen) atoms. The minimum Gasteiger partial charge on any atom is -0.360 e. The Morgan fingerprint density at radius 2 is 2.04 bits per heavy atom. The zero-order valence-electron chi connectivity index (χ0n) is 14.3. The third kappa shape index (κ3) is 3.77. The average molecular weight is 426 g/mol. The first-order valence-corrected chi connectivity index (χ1v) is 8.81. The number of aryl methyl sites for hydroxylation is 2. The first-order valence-electron chi connectivity index (χ1n) is 8.01. The fourth-order valence-electron chi connectivity index (χ4n) is 2.95. The molecule has 2 heterocycles. The van der Waals surface area contributed by atoms with E-state index in [1.165, 1.54) is 11.1 Å². The monoisotopic (exact) mass is 425 g/mol. The van der Waals surface area contributed by atoms with Gasteiger partial charge in [-0.2, -0.15) is 4.99 Å². The van der Waals surface area contributed by atoms with Crippen molar-refractivity contribution in [1.82, 2.24) is 10.2 Å². The number of nitrogens with zero attached hydrogens (tertiary/aromatic N) is 2. The molecule has 1 aromatic rings. The summed E-state index contributed by atoms with van der Waals surface area (Å²) in [6.07, 6.45) is 1.13. The number of rotatable bonds is 2. The van der Waals surface area contributed by atoms with Crippen molar-refractivity contribution < 1.29 is 13.6 Å². The van der Waals surface area contributed by atoms with Crippen LogP contribution >= 0.6 is 15.9 Å². The Hall–Kier alpha value is -2.29. The van der Waals surface area contributed by atoms with E-state index in [0.29, 0.717) is 0 Å². The number of halogens is 3. The molecule has 0 unspecified atom stereocenters. The smallest absolute Gasteiger partial charge is 0.267 e. The molecule has 0 radical (unpaired) electrons. The van der Waals surface area contributed by atoms with Crippen LogP contribution in [-0.2, 0) is 4.79 Å². The lowest BCUT2D eigenvalue weighted by atomic mass is 10.1. The van der Waals surface area contributed by atoms with E-state index in [9.17, 15) is 13.6 Å². The van der Waals surface area contributed by atoms with Gasteiger partial charge in [-0.3, -0.25) is 15.5 Å². The molecule has 1 fully saturated rings. The average Bonchev–Trinajstić information content (AvgIpc) is 2.88. The minimum atomic E-state index is -2.80. The highest BCUT2D eigenvalue weighted by Gasteiger charge is 2.41. The third-order valence-electron chi connectivity index (χ3n) is 4.27. The van der Waals surface area contributed by atoms with Crippen LogP contribution in [0.4, 0.5) is 14.5 Å². The van der Waals surface area contributed by atoms with Crippen LogP contribution in [0.3, 0.4) is 0 Å². The highest BCUT2D eigenvalue weighted by Crippen LogP contribution is 2.28. The van der Waals surface area contributed by atoms with Gasteiger partial charge in [0.15, 0.2) is 5.84 Å². The molecule has 0 saturated carbocycles. The van der Waals surface area contributed by atoms with Crippen LogP contribution in [0.2, 0.25) is 0 Å². The molecule has 0 atom stereocenters. The topological polar surface area (TPSA) is 80.6 Å². The summed E-state index contributed by atoms with van der Waals surface area (Å²) in [6.45, 7) is 3.44. The maximum absolute atomic E-state index is 13.3. The molecule has 6 nitrogen and oxygen atoms in total. The fourth-order valence-corrected chi connectivity index (χ4v) is 3.64. The minimum absolute atomic E-state index is 0.00493. The first kappa shape index (κ1) is 18.5. The van der Waals surface area contributed by atoms with Gasteiger partial charge >= 0.3 is 0 Å². The summed E-state index contributed by atoms with van der Waals surface area (Å²) in [5, 5.41) is 13.5. The summed E-state index contributed by atoms with van der Waals surface area (Å²) < 4.78 is 27.6. The van der Waals surface area contributed by atoms with Crippen LogP contribution in [0.1, 0.15) is 17.5 Å². The van der Waals surface area contributed by atoms with E-state index in [1.807, 2.05) is 26.0 Å². The van der Waals surface area contributed by atoms with Crippen molar-refractivity contribution in [3.63, 3.8) is 0 Å². The molecule has 1 amide bonds. The Morgan fingerprint density at radius 1 is 1.38 bits per heavy atom. The summed E-state index contributed by atoms with van der Waals surface area (Å²) in [4.78, 5) is 17.6. The molecular formula is C17H18BrF2N5O. The van der Waals surface area contributed by atoms with Crippen molar-refractivity contribution in [1.29, 1.82) is 5.41 Å². The van der Waals surface area contributed by atoms with Gasteiger partial charge in [0.2, 0.25) is 5.96 Å². The Morgan fingerprint density at radius 3 is 2.58 bits per heavy atom. The molecule has 3 rings (SSSR count). The summed E-state index contributed by atoms with van der Waals surface area (Å²) in [6, 6.07) is 3.87. The maximum atomic E-state index is 13.3. The number of aliphatic imine (C=N–C) groups is 1. The van der Waals surface area contributed by atoms with Gasteiger partial charge in [-0.15, -0.1) is 0 Å². The van der Waals surface area contributed by atoms with Crippen molar-refractivity contribution >= 4 is 39.3 Å². The summed E-state index contributed by atoms with van der Waals surface area (Å²) in [7, 11) is 0. The van der Waals surface area contributed by atoms with E-state index >= 15 is 0 Å². The number of alkyl halides is 2. The molecule has 3 N–H and O–H groups in total. The van der Waals surface area contributed by atoms with Crippen LogP contribution < -0.4 is 10.6 Å². The largest absolute Gasteiger partial charge is 0.360 e. The van der Waals surface area contributed by atoms with Gasteiger partial charge < -0.3 is 10.2 Å². The number of guanidine groups is 1. The number of carbonyl (C=O) groups is 1. The number of likely N-dealkylation sites (tertiary alicyclic amines) is 1. The number of benzene rings is 1. The molecule has 138 valence electrons. The molecule has 9 heteroatoms. The van der Waals surface area contributed by atoms with Crippen molar-refractivity contribution in [3.05, 3.63) is 39.5 Å². The fraction of sp³-hybridized carbons (Fsp3) is 0.353. The van der Waals surface area contributed by atoms with Crippen molar-refractivity contribution in [2.75, 3.05) is 18.4 Å². The quantitative estimate of drug-likeness (QED) is 0.636. The van der Waals surface area contributed by atoms with Crippen molar-refractivity contribution in [3.8, 4) is 0 Å². The summed E-state index contributed by atoms with van der Waals surface area (Å²) in [5.41, 5.74) is 2.82. The lowest BCUT2D eigenvalue weighted by Crippen LogP contribution is -2.48. The van der Waals surface area contributed by atoms with E-state index in [2.05, 4.69) is 31.6 Å². The predicted octanol–water partition coefficient (Wildman–Crippen LogP) is 3.17. The van der Waals surface area contributed by atoms with Gasteiger partial charge in [0.25, 0.3) is 11.8 Å². The molecule has 1 saturated heterocycles. The van der Waals surface area contributed by atoms with Crippen LogP contribution in [0.5, 0.6) is 0 Å². The number of carbonyl (C=O) groups excluding carboxylic acids is 1. The zero-order chi connectivity index (χ0) is 19.1. The maximum Gasteiger partial charge on any atom is 0.267 e. The summed E-state index contributed by atoms with van der Waals surface area (Å²) >= 11 is 3.42. The zero-order valence-corrected chi connectivity index (χ0v) is 15.9. The number of anilines is 1. The highest BCUT2D eigenvalue weighted by molar-refractivity contribution is 9.10. The second kappa shape index (κ2) is 6.79. The molecule has 0 aliphatic carbocycles. The first-order chi connectivity index (χ1) is 12.2. The van der Waals surface area contributed by atoms with Gasteiger partial charge in [0, 0.05) is 29.3 Å². The van der Waals surface area contributed by atoms with Crippen LogP contribution in [0, 0.1) is 19.3 Å². The highest BCUT2D eigenvalue weighted by atomic mass is 79.9. The van der Waals surface area contributed by atoms with Crippen LogP contribution in [-0.4, -0.2) is 41.6 Å². The van der Waals surface area contributed by atoms with Gasteiger partial charge in [-0.05, 0) is 37.1 Å². The Balaban J connectivity index is 1.79. The van der Waals surface area contributed by atoms with Crippen molar-refractivity contribution in [2.45, 2.75) is 26.2 Å². The van der Waals surface area contributed by atoms with Gasteiger partial charge in [0.05, 0.1) is 12.1 Å². The second-order valence-corrected chi connectivity index (χ2v) is 7.30. The second-order valence-electron chi connectivity index (χ2n) is 6.38. The molecule has 0 aromatic heterocycles. The molecule has 2 aliphatic heterocycles. The van der Waals surface area contributed by atoms with E-state index in [0.717, 1.165) is 21.3 Å². The van der Waals surface area contributed by atoms with E-state index in [-0.39, 0.29) is 30.3 Å². The standard InChI is InChI=1S/C17H18BrF2N5O/c1-9-5-11(18)6-10(2)13(9)22-7-12-14(21)23-16(24-15(12)26)25-4-3-17(19,20)8-25/h5-7,22H,3-4,8H2,1-2H3,(H2,21,23,24,26)/b12-7+. The Bertz CT molecular complexity index is 827. The van der Waals surface area contributed by atoms with E-state index in [1.54, 1.807) is 0 Å². The SMILES string of the molecule is Cc1cc(Br)cc(C)c1N/C=C1\C(=N)N=C(N2CCC(F)(F)C2)NC1=O. The number of amidine groups is 1. The lowest BCUT2D eigenvalue weighted by molar-refractivity contribution is -0.116. The molecule has 1 aromatic carbocycles. The van der Waals surface area contributed by atoms with Crippen molar-refractivity contribution in [2.24, 2.45) is 4.99 Å². The molecule has 0 bridgehead atoms. The Kier molecular flexibility index (Phi) is 4.83. The molecule has 0 spiro atoms. The van der Waals surface area contributed by atoms with Gasteiger partial charge in [0.1, 0.15) is 0 Å². The lowest BCUT2D eigenvalue weighted by Gasteiger charge is -2.24. The van der Waals surface area contributed by atoms with E-state index in [4.69, 9.17) is 5.41 Å². The van der Waals surface area contributed by atoms with Crippen LogP contribution in [0.15, 0.2) is 33.4 Å². The number of amides is 1. The predicted molar refractivity (Wildman–Crippen MR) is 99.8 cm³/mol. The number of hydrogen-bond acceptors (Lipinski definition) is 4. The Labute approximate surface area is 158 Å². The third-order valence-corrected chi connectivity index (χ3v) is 4.73. The number of nitrogens with one attached hydrogen (secondary N) is 3. The van der Waals surface area contributed by atoms with Gasteiger partial charge in [-0.25, -0.2) is 8.78 Å². The number of hydrogen-bond donors (Lipinski definition) is 3. The normalized spacial score (nSPS) is 21.0. The van der Waals surface area contributed by atoms with Crippen LogP contribution in [0.25, 0.3) is 0 Å². The summed E-state index contributed by atoms with van der Waals surface area (Å²) in [5.74, 6) is -3.61. The van der Waals surface area contributed by atoms with E-state index < -0.39 is 18.4 Å². The molecular weight excluding hydrogens is 408 g/mol. The van der Waals surface area contributed by atoms with Gasteiger partial charge in [-0.1, -0.05) is 15.9 Å².